The maximum absolute atomic E-state index is 12.7. The average Bonchev–Trinajstić information content (AvgIpc) is 3.15. The summed E-state index contributed by atoms with van der Waals surface area (Å²) in [5, 5.41) is 6.06. The highest BCUT2D eigenvalue weighted by Crippen LogP contribution is 2.35. The van der Waals surface area contributed by atoms with Crippen molar-refractivity contribution in [2.75, 3.05) is 12.3 Å². The van der Waals surface area contributed by atoms with Crippen LogP contribution in [-0.2, 0) is 24.7 Å². The molecule has 134 valence electrons. The smallest absolute Gasteiger partial charge is 0.321 e. The second kappa shape index (κ2) is 7.57. The normalized spacial score (nSPS) is 13.0. The van der Waals surface area contributed by atoms with Crippen LogP contribution in [-0.4, -0.2) is 33.8 Å². The summed E-state index contributed by atoms with van der Waals surface area (Å²) in [6, 6.07) is -0.501. The van der Waals surface area contributed by atoms with Gasteiger partial charge in [0.2, 0.25) is 5.91 Å². The number of aryl methyl sites for hydroxylation is 2. The maximum atomic E-state index is 12.7. The highest BCUT2D eigenvalue weighted by Gasteiger charge is 2.22. The molecule has 0 fully saturated rings. The van der Waals surface area contributed by atoms with Gasteiger partial charge in [-0.2, -0.15) is 0 Å². The van der Waals surface area contributed by atoms with Crippen molar-refractivity contribution >= 4 is 45.3 Å². The summed E-state index contributed by atoms with van der Waals surface area (Å²) >= 11 is 2.73. The van der Waals surface area contributed by atoms with E-state index in [1.54, 1.807) is 18.4 Å². The number of hydrogen-bond donors (Lipinski definition) is 2. The van der Waals surface area contributed by atoms with E-state index in [1.165, 1.54) is 9.44 Å². The fourth-order valence-electron chi connectivity index (χ4n) is 2.81. The van der Waals surface area contributed by atoms with Gasteiger partial charge in [0.25, 0.3) is 5.56 Å². The van der Waals surface area contributed by atoms with Gasteiger partial charge in [-0.15, -0.1) is 11.3 Å². The summed E-state index contributed by atoms with van der Waals surface area (Å²) in [4.78, 5) is 42.6. The van der Waals surface area contributed by atoms with E-state index >= 15 is 0 Å². The monoisotopic (exact) mass is 380 g/mol. The first kappa shape index (κ1) is 17.9. The molecular weight excluding hydrogens is 360 g/mol. The predicted octanol–water partition coefficient (Wildman–Crippen LogP) is 1.81. The fraction of sp³-hybridized carbons (Fsp3) is 0.500. The molecule has 2 aromatic heterocycles. The molecule has 0 aliphatic heterocycles. The minimum Gasteiger partial charge on any atom is -0.338 e. The number of urea groups is 1. The van der Waals surface area contributed by atoms with Crippen LogP contribution in [0.3, 0.4) is 0 Å². The van der Waals surface area contributed by atoms with Crippen molar-refractivity contribution in [3.63, 3.8) is 0 Å². The Hall–Kier alpha value is -1.87. The van der Waals surface area contributed by atoms with Gasteiger partial charge in [-0.25, -0.2) is 9.78 Å². The Morgan fingerprint density at radius 3 is 2.92 bits per heavy atom. The molecular formula is C16H20N4O3S2. The fourth-order valence-corrected chi connectivity index (χ4v) is 4.88. The third kappa shape index (κ3) is 3.72. The molecule has 3 rings (SSSR count). The highest BCUT2D eigenvalue weighted by molar-refractivity contribution is 7.99. The Balaban J connectivity index is 1.72. The van der Waals surface area contributed by atoms with Crippen LogP contribution in [0.5, 0.6) is 0 Å². The van der Waals surface area contributed by atoms with E-state index in [4.69, 9.17) is 0 Å². The molecule has 2 aromatic rings. The Bertz CT molecular complexity index is 888. The van der Waals surface area contributed by atoms with Gasteiger partial charge in [-0.05, 0) is 31.2 Å². The van der Waals surface area contributed by atoms with E-state index in [-0.39, 0.29) is 11.3 Å². The average molecular weight is 380 g/mol. The van der Waals surface area contributed by atoms with Crippen molar-refractivity contribution in [3.05, 3.63) is 20.8 Å². The van der Waals surface area contributed by atoms with Crippen molar-refractivity contribution in [2.45, 2.75) is 37.8 Å². The summed E-state index contributed by atoms with van der Waals surface area (Å²) in [6.07, 6.45) is 3.84. The number of thiophene rings is 1. The summed E-state index contributed by atoms with van der Waals surface area (Å²) in [5.74, 6) is -0.391. The van der Waals surface area contributed by atoms with E-state index in [9.17, 15) is 14.4 Å². The molecule has 0 bridgehead atoms. The summed E-state index contributed by atoms with van der Waals surface area (Å²) < 4.78 is 1.49. The predicted molar refractivity (Wildman–Crippen MR) is 99.4 cm³/mol. The molecule has 3 amide bonds. The lowest BCUT2D eigenvalue weighted by atomic mass is 10.2. The van der Waals surface area contributed by atoms with Crippen LogP contribution >= 0.6 is 23.1 Å². The lowest BCUT2D eigenvalue weighted by Gasteiger charge is -2.08. The zero-order valence-electron chi connectivity index (χ0n) is 14.2. The zero-order valence-corrected chi connectivity index (χ0v) is 15.8. The van der Waals surface area contributed by atoms with Crippen LogP contribution in [0.4, 0.5) is 4.79 Å². The van der Waals surface area contributed by atoms with E-state index in [2.05, 4.69) is 15.6 Å². The third-order valence-corrected chi connectivity index (χ3v) is 6.24. The van der Waals surface area contributed by atoms with Gasteiger partial charge in [0.05, 0.1) is 11.1 Å². The molecule has 1 aliphatic rings. The van der Waals surface area contributed by atoms with Gasteiger partial charge < -0.3 is 5.32 Å². The van der Waals surface area contributed by atoms with Crippen molar-refractivity contribution in [2.24, 2.45) is 7.05 Å². The minimum atomic E-state index is -0.501. The van der Waals surface area contributed by atoms with Crippen LogP contribution in [0.2, 0.25) is 0 Å². The first-order valence-electron chi connectivity index (χ1n) is 8.23. The van der Waals surface area contributed by atoms with E-state index in [1.807, 2.05) is 6.92 Å². The molecule has 0 saturated heterocycles. The molecule has 25 heavy (non-hydrogen) atoms. The minimum absolute atomic E-state index is 0.0242. The summed E-state index contributed by atoms with van der Waals surface area (Å²) in [7, 11) is 1.67. The van der Waals surface area contributed by atoms with E-state index in [0.717, 1.165) is 53.2 Å². The molecule has 7 nitrogen and oxygen atoms in total. The van der Waals surface area contributed by atoms with Crippen molar-refractivity contribution in [1.29, 1.82) is 0 Å². The van der Waals surface area contributed by atoms with E-state index < -0.39 is 11.9 Å². The summed E-state index contributed by atoms with van der Waals surface area (Å²) in [6.45, 7) is 2.45. The molecule has 1 aliphatic carbocycles. The van der Waals surface area contributed by atoms with Crippen LogP contribution in [0.1, 0.15) is 30.2 Å². The van der Waals surface area contributed by atoms with Crippen molar-refractivity contribution in [1.82, 2.24) is 20.2 Å². The number of aromatic nitrogens is 2. The number of nitrogens with one attached hydrogen (secondary N) is 2. The topological polar surface area (TPSA) is 93.1 Å². The molecule has 0 spiro atoms. The number of carbonyl (C=O) groups is 2. The number of carbonyl (C=O) groups excluding carboxylic acids is 2. The largest absolute Gasteiger partial charge is 0.338 e. The molecule has 0 atom stereocenters. The van der Waals surface area contributed by atoms with Crippen LogP contribution in [0, 0.1) is 0 Å². The quantitative estimate of drug-likeness (QED) is 0.610. The number of nitrogens with zero attached hydrogens (tertiary/aromatic N) is 2. The van der Waals surface area contributed by atoms with Gasteiger partial charge in [-0.3, -0.25) is 19.5 Å². The molecule has 0 radical (unpaired) electrons. The Kier molecular flexibility index (Phi) is 5.43. The van der Waals surface area contributed by atoms with E-state index in [0.29, 0.717) is 11.7 Å². The van der Waals surface area contributed by atoms with Gasteiger partial charge in [0.15, 0.2) is 5.16 Å². The Morgan fingerprint density at radius 1 is 1.36 bits per heavy atom. The third-order valence-electron chi connectivity index (χ3n) is 4.03. The lowest BCUT2D eigenvalue weighted by molar-refractivity contribution is -0.117. The van der Waals surface area contributed by atoms with Gasteiger partial charge >= 0.3 is 6.03 Å². The maximum Gasteiger partial charge on any atom is 0.321 e. The molecule has 0 saturated carbocycles. The molecule has 2 N–H and O–H groups in total. The number of fused-ring (bicyclic) bond motifs is 3. The zero-order chi connectivity index (χ0) is 18.0. The molecule has 2 heterocycles. The molecule has 9 heteroatoms. The van der Waals surface area contributed by atoms with Crippen LogP contribution in [0.15, 0.2) is 9.95 Å². The highest BCUT2D eigenvalue weighted by atomic mass is 32.2. The first-order valence-corrected chi connectivity index (χ1v) is 10.0. The Labute approximate surface area is 153 Å². The van der Waals surface area contributed by atoms with Crippen LogP contribution < -0.4 is 16.2 Å². The number of hydrogen-bond acceptors (Lipinski definition) is 6. The first-order chi connectivity index (χ1) is 12.0. The number of thioether (sulfide) groups is 1. The molecule has 0 aromatic carbocycles. The van der Waals surface area contributed by atoms with Gasteiger partial charge in [0, 0.05) is 18.5 Å². The lowest BCUT2D eigenvalue weighted by Crippen LogP contribution is -2.40. The second-order valence-corrected chi connectivity index (χ2v) is 7.91. The second-order valence-electron chi connectivity index (χ2n) is 5.89. The number of rotatable bonds is 5. The standard InChI is InChI=1S/C16H20N4O3S2/c1-3-7-17-15(23)18-11(21)8-24-16-19-13-12(14(22)20(16)2)9-5-4-6-10(9)25-13/h3-8H2,1-2H3,(H2,17,18,21,23). The van der Waals surface area contributed by atoms with Crippen molar-refractivity contribution in [3.8, 4) is 0 Å². The van der Waals surface area contributed by atoms with Crippen LogP contribution in [0.25, 0.3) is 10.2 Å². The number of amides is 3. The molecule has 0 unspecified atom stereocenters. The number of imide groups is 1. The Morgan fingerprint density at radius 2 is 2.16 bits per heavy atom. The van der Waals surface area contributed by atoms with Gasteiger partial charge in [0.1, 0.15) is 4.83 Å². The summed E-state index contributed by atoms with van der Waals surface area (Å²) in [5.41, 5.74) is 1.09. The van der Waals surface area contributed by atoms with Gasteiger partial charge in [-0.1, -0.05) is 18.7 Å². The SMILES string of the molecule is CCCNC(=O)NC(=O)CSc1nc2sc3c(c2c(=O)n1C)CCC3. The van der Waals surface area contributed by atoms with Crippen molar-refractivity contribution < 1.29 is 9.59 Å².